The number of ether oxygens (including phenoxy) is 1. The van der Waals surface area contributed by atoms with Crippen LogP contribution in [0.4, 0.5) is 4.39 Å². The van der Waals surface area contributed by atoms with Crippen LogP contribution in [-0.2, 0) is 14.0 Å². The second-order valence-corrected chi connectivity index (χ2v) is 19.0. The molecule has 1 unspecified atom stereocenters. The van der Waals surface area contributed by atoms with E-state index >= 15 is 4.39 Å². The second kappa shape index (κ2) is 9.66. The number of rotatable bonds is 5. The molecule has 0 spiro atoms. The smallest absolute Gasteiger partial charge is 0.367 e. The summed E-state index contributed by atoms with van der Waals surface area (Å²) in [7, 11) is -1.80. The van der Waals surface area contributed by atoms with E-state index in [1.807, 2.05) is 0 Å². The first-order chi connectivity index (χ1) is 16.7. The highest BCUT2D eigenvalue weighted by Gasteiger charge is 2.60. The molecular weight excluding hydrogens is 467 g/mol. The van der Waals surface area contributed by atoms with Crippen molar-refractivity contribution in [3.05, 3.63) is 23.0 Å². The Morgan fingerprint density at radius 3 is 2.33 bits per heavy atom. The average molecular weight is 519 g/mol. The summed E-state index contributed by atoms with van der Waals surface area (Å²) in [6.07, 6.45) is 11.3. The molecule has 204 valence electrons. The minimum Gasteiger partial charge on any atom is -0.461 e. The Balaban J connectivity index is 1.63. The number of esters is 1. The Labute approximate surface area is 220 Å². The molecule has 0 amide bonds. The molecule has 0 saturated heterocycles. The maximum absolute atomic E-state index is 15.3. The molecule has 0 aromatic heterocycles. The van der Waals surface area contributed by atoms with Crippen molar-refractivity contribution in [1.82, 2.24) is 0 Å². The van der Waals surface area contributed by atoms with Gasteiger partial charge in [0, 0.05) is 6.10 Å². The molecule has 5 heteroatoms. The average Bonchev–Trinajstić information content (AvgIpc) is 3.14. The van der Waals surface area contributed by atoms with E-state index in [0.717, 1.165) is 44.1 Å². The van der Waals surface area contributed by atoms with Gasteiger partial charge in [0.25, 0.3) is 0 Å². The highest BCUT2D eigenvalue weighted by molar-refractivity contribution is 6.74. The molecular formula is C31H51FO3Si. The number of hydrogen-bond acceptors (Lipinski definition) is 3. The number of hydrogen-bond donors (Lipinski definition) is 0. The van der Waals surface area contributed by atoms with E-state index in [1.165, 1.54) is 6.42 Å². The van der Waals surface area contributed by atoms with Crippen LogP contribution < -0.4 is 0 Å². The largest absolute Gasteiger partial charge is 0.461 e. The summed E-state index contributed by atoms with van der Waals surface area (Å²) in [5, 5.41) is 0.228. The lowest BCUT2D eigenvalue weighted by molar-refractivity contribution is -0.140. The SMILES string of the molecule is CCOC(=O)C(F)=C1CC[C@H]2[C@@H]3[C@H](CC)C=C4CC(O[Si](C)(C)C(C)(C)C)CC[C@]4(C)[C@H]3CC[C@]12C. The van der Waals surface area contributed by atoms with E-state index in [2.05, 4.69) is 60.7 Å². The molecule has 0 aromatic rings. The Morgan fingerprint density at radius 1 is 1.08 bits per heavy atom. The van der Waals surface area contributed by atoms with Crippen molar-refractivity contribution in [3.63, 3.8) is 0 Å². The van der Waals surface area contributed by atoms with Gasteiger partial charge in [-0.3, -0.25) is 0 Å². The van der Waals surface area contributed by atoms with Crippen molar-refractivity contribution in [2.45, 2.75) is 124 Å². The van der Waals surface area contributed by atoms with E-state index in [0.29, 0.717) is 36.2 Å². The Morgan fingerprint density at radius 2 is 1.72 bits per heavy atom. The van der Waals surface area contributed by atoms with Gasteiger partial charge in [-0.1, -0.05) is 53.2 Å². The molecule has 0 heterocycles. The number of carbonyl (C=O) groups excluding carboxylic acids is 1. The van der Waals surface area contributed by atoms with E-state index < -0.39 is 20.1 Å². The summed E-state index contributed by atoms with van der Waals surface area (Å²) in [6.45, 7) is 20.8. The van der Waals surface area contributed by atoms with Crippen LogP contribution in [0.25, 0.3) is 0 Å². The van der Waals surface area contributed by atoms with Gasteiger partial charge in [0.1, 0.15) is 0 Å². The molecule has 36 heavy (non-hydrogen) atoms. The molecule has 0 radical (unpaired) electrons. The van der Waals surface area contributed by atoms with Gasteiger partial charge >= 0.3 is 5.97 Å². The third-order valence-corrected chi connectivity index (χ3v) is 16.0. The molecule has 0 bridgehead atoms. The van der Waals surface area contributed by atoms with Crippen molar-refractivity contribution in [1.29, 1.82) is 0 Å². The van der Waals surface area contributed by atoms with Crippen LogP contribution in [-0.4, -0.2) is 27.0 Å². The number of fused-ring (bicyclic) bond motifs is 5. The molecule has 7 atom stereocenters. The fourth-order valence-corrected chi connectivity index (χ4v) is 9.75. The lowest BCUT2D eigenvalue weighted by Gasteiger charge is -2.60. The lowest BCUT2D eigenvalue weighted by atomic mass is 9.45. The van der Waals surface area contributed by atoms with Crippen LogP contribution >= 0.6 is 0 Å². The normalized spacial score (nSPS) is 40.1. The van der Waals surface area contributed by atoms with Gasteiger partial charge < -0.3 is 9.16 Å². The van der Waals surface area contributed by atoms with E-state index in [1.54, 1.807) is 12.5 Å². The second-order valence-electron chi connectivity index (χ2n) is 14.2. The predicted molar refractivity (Wildman–Crippen MR) is 148 cm³/mol. The minimum absolute atomic E-state index is 0.217. The van der Waals surface area contributed by atoms with Crippen LogP contribution in [0.3, 0.4) is 0 Å². The van der Waals surface area contributed by atoms with Crippen LogP contribution in [0.1, 0.15) is 99.8 Å². The maximum atomic E-state index is 15.3. The quantitative estimate of drug-likeness (QED) is 0.158. The van der Waals surface area contributed by atoms with Gasteiger partial charge in [-0.25, -0.2) is 4.79 Å². The minimum atomic E-state index is -1.80. The molecule has 4 aliphatic rings. The molecule has 0 aliphatic heterocycles. The predicted octanol–water partition coefficient (Wildman–Crippen LogP) is 8.76. The summed E-state index contributed by atoms with van der Waals surface area (Å²) in [5.74, 6) is 0.801. The number of carbonyl (C=O) groups is 1. The first kappa shape index (κ1) is 28.1. The molecule has 0 aromatic carbocycles. The summed E-state index contributed by atoms with van der Waals surface area (Å²) in [4.78, 5) is 12.3. The molecule has 3 saturated carbocycles. The van der Waals surface area contributed by atoms with Gasteiger partial charge in [0.15, 0.2) is 8.32 Å². The van der Waals surface area contributed by atoms with Crippen LogP contribution in [0, 0.1) is 34.5 Å². The first-order valence-electron chi connectivity index (χ1n) is 14.6. The highest BCUT2D eigenvalue weighted by atomic mass is 28.4. The first-order valence-corrected chi connectivity index (χ1v) is 17.6. The summed E-state index contributed by atoms with van der Waals surface area (Å²) < 4.78 is 27.3. The fourth-order valence-electron chi connectivity index (χ4n) is 8.37. The monoisotopic (exact) mass is 518 g/mol. The third-order valence-electron chi connectivity index (χ3n) is 11.5. The third kappa shape index (κ3) is 4.48. The topological polar surface area (TPSA) is 35.5 Å². The number of allylic oxidation sites excluding steroid dienone is 2. The Kier molecular flexibility index (Phi) is 7.54. The van der Waals surface area contributed by atoms with Crippen LogP contribution in [0.5, 0.6) is 0 Å². The zero-order valence-electron chi connectivity index (χ0n) is 24.4. The van der Waals surface area contributed by atoms with Crippen molar-refractivity contribution in [3.8, 4) is 0 Å². The van der Waals surface area contributed by atoms with Crippen LogP contribution in [0.15, 0.2) is 23.0 Å². The molecule has 0 N–H and O–H groups in total. The summed E-state index contributed by atoms with van der Waals surface area (Å²) >= 11 is 0. The number of halogens is 1. The highest BCUT2D eigenvalue weighted by Crippen LogP contribution is 2.68. The van der Waals surface area contributed by atoms with Gasteiger partial charge in [0.05, 0.1) is 6.61 Å². The van der Waals surface area contributed by atoms with Crippen molar-refractivity contribution < 1.29 is 18.3 Å². The Hall–Kier alpha value is -0.943. The zero-order valence-corrected chi connectivity index (χ0v) is 25.4. The van der Waals surface area contributed by atoms with E-state index in [-0.39, 0.29) is 22.5 Å². The van der Waals surface area contributed by atoms with Crippen molar-refractivity contribution in [2.24, 2.45) is 34.5 Å². The lowest BCUT2D eigenvalue weighted by Crippen LogP contribution is -2.53. The molecule has 4 rings (SSSR count). The maximum Gasteiger partial charge on any atom is 0.367 e. The zero-order chi connectivity index (χ0) is 26.7. The Bertz CT molecular complexity index is 931. The summed E-state index contributed by atoms with van der Waals surface area (Å²) in [5.41, 5.74) is 2.37. The fraction of sp³-hybridized carbons (Fsp3) is 0.839. The standard InChI is InChI=1S/C31H51FO3Si/c1-10-20-18-21-19-22(35-36(8,9)29(3,4)5)14-16-30(21,6)24-15-17-31(7)23(26(20)24)12-13-25(31)27(32)28(33)34-11-2/h18,20,22-24,26H,10-17,19H2,1-9H3/t20-,22?,23+,24+,26+,30+,31+/m1/s1. The van der Waals surface area contributed by atoms with Gasteiger partial charge in [-0.05, 0) is 116 Å². The van der Waals surface area contributed by atoms with Gasteiger partial charge in [-0.15, -0.1) is 0 Å². The van der Waals surface area contributed by atoms with E-state index in [4.69, 9.17) is 9.16 Å². The molecule has 4 aliphatic carbocycles. The van der Waals surface area contributed by atoms with Crippen molar-refractivity contribution >= 4 is 14.3 Å². The van der Waals surface area contributed by atoms with Crippen LogP contribution in [0.2, 0.25) is 18.1 Å². The van der Waals surface area contributed by atoms with Crippen molar-refractivity contribution in [2.75, 3.05) is 6.61 Å². The van der Waals surface area contributed by atoms with Gasteiger partial charge in [-0.2, -0.15) is 4.39 Å². The van der Waals surface area contributed by atoms with E-state index in [9.17, 15) is 4.79 Å². The summed E-state index contributed by atoms with van der Waals surface area (Å²) in [6, 6.07) is 0. The molecule has 3 nitrogen and oxygen atoms in total. The van der Waals surface area contributed by atoms with Gasteiger partial charge in [0.2, 0.25) is 5.83 Å². The molecule has 3 fully saturated rings.